The number of carbonyl (C=O) groups is 3. The average molecular weight is 368 g/mol. The van der Waals surface area contributed by atoms with E-state index in [4.69, 9.17) is 16.3 Å². The number of hydrogen-bond donors (Lipinski definition) is 1. The standard InChI is InChI=1S/C18H19ClFNO4/c19-13-4-5-14(20)15(8-13)21-16(22)9-25-18(24)12-6-10-2-1-3-11(7-12)17(10)23/h4-5,8,10-12H,1-3,6-7,9H2,(H,21,22)/t10-,11-/m0/s1. The number of fused-ring (bicyclic) bond motifs is 2. The zero-order valence-electron chi connectivity index (χ0n) is 13.6. The second-order valence-electron chi connectivity index (χ2n) is 6.68. The molecule has 0 aromatic heterocycles. The van der Waals surface area contributed by atoms with Crippen molar-refractivity contribution in [2.45, 2.75) is 32.1 Å². The summed E-state index contributed by atoms with van der Waals surface area (Å²) in [5, 5.41) is 2.61. The molecule has 2 saturated carbocycles. The van der Waals surface area contributed by atoms with Gasteiger partial charge in [-0.2, -0.15) is 0 Å². The highest BCUT2D eigenvalue weighted by molar-refractivity contribution is 6.30. The van der Waals surface area contributed by atoms with Crippen molar-refractivity contribution in [3.63, 3.8) is 0 Å². The monoisotopic (exact) mass is 367 g/mol. The first-order chi connectivity index (χ1) is 11.9. The van der Waals surface area contributed by atoms with Gasteiger partial charge in [-0.1, -0.05) is 18.0 Å². The van der Waals surface area contributed by atoms with E-state index in [-0.39, 0.29) is 34.2 Å². The molecule has 1 aromatic rings. The molecule has 1 N–H and O–H groups in total. The molecular formula is C18H19ClFNO4. The van der Waals surface area contributed by atoms with E-state index >= 15 is 0 Å². The van der Waals surface area contributed by atoms with Gasteiger partial charge < -0.3 is 10.1 Å². The van der Waals surface area contributed by atoms with Crippen LogP contribution in [0.4, 0.5) is 10.1 Å². The molecule has 5 nitrogen and oxygen atoms in total. The molecule has 0 heterocycles. The van der Waals surface area contributed by atoms with Crippen LogP contribution in [-0.4, -0.2) is 24.3 Å². The average Bonchev–Trinajstić information content (AvgIpc) is 2.56. The molecule has 2 aliphatic rings. The Balaban J connectivity index is 1.51. The molecule has 0 aliphatic heterocycles. The predicted octanol–water partition coefficient (Wildman–Crippen LogP) is 3.36. The van der Waals surface area contributed by atoms with Crippen LogP contribution < -0.4 is 5.32 Å². The van der Waals surface area contributed by atoms with Crippen molar-refractivity contribution < 1.29 is 23.5 Å². The Morgan fingerprint density at radius 3 is 2.60 bits per heavy atom. The molecule has 2 atom stereocenters. The van der Waals surface area contributed by atoms with Crippen LogP contribution in [0.5, 0.6) is 0 Å². The van der Waals surface area contributed by atoms with Crippen LogP contribution in [0.3, 0.4) is 0 Å². The van der Waals surface area contributed by atoms with E-state index in [1.54, 1.807) is 0 Å². The highest BCUT2D eigenvalue weighted by atomic mass is 35.5. The van der Waals surface area contributed by atoms with E-state index in [9.17, 15) is 18.8 Å². The largest absolute Gasteiger partial charge is 0.455 e. The minimum Gasteiger partial charge on any atom is -0.455 e. The molecule has 0 radical (unpaired) electrons. The summed E-state index contributed by atoms with van der Waals surface area (Å²) in [7, 11) is 0. The van der Waals surface area contributed by atoms with Crippen LogP contribution in [0.2, 0.25) is 5.02 Å². The van der Waals surface area contributed by atoms with Crippen molar-refractivity contribution in [2.24, 2.45) is 17.8 Å². The van der Waals surface area contributed by atoms with E-state index < -0.39 is 24.3 Å². The molecule has 2 aliphatic carbocycles. The smallest absolute Gasteiger partial charge is 0.309 e. The number of halogens is 2. The molecule has 1 amide bonds. The van der Waals surface area contributed by atoms with Crippen molar-refractivity contribution in [3.8, 4) is 0 Å². The second-order valence-corrected chi connectivity index (χ2v) is 7.11. The third-order valence-corrected chi connectivity index (χ3v) is 5.16. The Morgan fingerprint density at radius 1 is 1.24 bits per heavy atom. The first-order valence-electron chi connectivity index (χ1n) is 8.39. The van der Waals surface area contributed by atoms with Crippen LogP contribution in [0.25, 0.3) is 0 Å². The molecule has 0 saturated heterocycles. The van der Waals surface area contributed by atoms with Gasteiger partial charge in [0.25, 0.3) is 5.91 Å². The fourth-order valence-corrected chi connectivity index (χ4v) is 3.88. The van der Waals surface area contributed by atoms with Gasteiger partial charge in [0.2, 0.25) is 0 Å². The molecule has 1 aromatic carbocycles. The number of nitrogens with one attached hydrogen (secondary N) is 1. The van der Waals surface area contributed by atoms with Crippen LogP contribution in [0.1, 0.15) is 32.1 Å². The Bertz CT molecular complexity index is 692. The molecule has 25 heavy (non-hydrogen) atoms. The Kier molecular flexibility index (Phi) is 5.37. The fourth-order valence-electron chi connectivity index (χ4n) is 3.71. The van der Waals surface area contributed by atoms with Crippen molar-refractivity contribution >= 4 is 34.9 Å². The minimum absolute atomic E-state index is 0.0561. The maximum absolute atomic E-state index is 13.6. The van der Waals surface area contributed by atoms with E-state index in [1.807, 2.05) is 0 Å². The number of ketones is 1. The summed E-state index contributed by atoms with van der Waals surface area (Å²) < 4.78 is 18.6. The number of Topliss-reactive ketones (excluding diaryl/α,β-unsaturated/α-hetero) is 1. The SMILES string of the molecule is O=C(COC(=O)C1C[C@@H]2CCC[C@@H](C1)C2=O)Nc1cc(Cl)ccc1F. The molecule has 0 spiro atoms. The summed E-state index contributed by atoms with van der Waals surface area (Å²) in [6.07, 6.45) is 3.68. The van der Waals surface area contributed by atoms with Crippen LogP contribution >= 0.6 is 11.6 Å². The summed E-state index contributed by atoms with van der Waals surface area (Å²) >= 11 is 5.76. The van der Waals surface area contributed by atoms with Gasteiger partial charge in [0.15, 0.2) is 6.61 Å². The Morgan fingerprint density at radius 2 is 1.92 bits per heavy atom. The van der Waals surface area contributed by atoms with Gasteiger partial charge in [-0.15, -0.1) is 0 Å². The van der Waals surface area contributed by atoms with E-state index in [1.165, 1.54) is 12.1 Å². The third-order valence-electron chi connectivity index (χ3n) is 4.93. The van der Waals surface area contributed by atoms with Crippen LogP contribution in [0, 0.1) is 23.6 Å². The zero-order chi connectivity index (χ0) is 18.0. The number of amides is 1. The fraction of sp³-hybridized carbons (Fsp3) is 0.500. The first kappa shape index (κ1) is 17.9. The third kappa shape index (κ3) is 4.18. The van der Waals surface area contributed by atoms with E-state index in [0.717, 1.165) is 25.3 Å². The topological polar surface area (TPSA) is 72.5 Å². The van der Waals surface area contributed by atoms with Gasteiger partial charge in [-0.25, -0.2) is 4.39 Å². The van der Waals surface area contributed by atoms with Crippen molar-refractivity contribution in [1.82, 2.24) is 0 Å². The van der Waals surface area contributed by atoms with Gasteiger partial charge in [-0.05, 0) is 43.9 Å². The quantitative estimate of drug-likeness (QED) is 0.828. The van der Waals surface area contributed by atoms with Gasteiger partial charge in [-0.3, -0.25) is 14.4 Å². The number of ether oxygens (including phenoxy) is 1. The van der Waals surface area contributed by atoms with E-state index in [2.05, 4.69) is 5.32 Å². The molecule has 7 heteroatoms. The van der Waals surface area contributed by atoms with Crippen LogP contribution in [0.15, 0.2) is 18.2 Å². The first-order valence-corrected chi connectivity index (χ1v) is 8.77. The van der Waals surface area contributed by atoms with Crippen molar-refractivity contribution in [3.05, 3.63) is 29.0 Å². The molecule has 2 bridgehead atoms. The highest BCUT2D eigenvalue weighted by Gasteiger charge is 2.41. The maximum atomic E-state index is 13.6. The summed E-state index contributed by atoms with van der Waals surface area (Å²) in [6, 6.07) is 3.79. The minimum atomic E-state index is -0.637. The normalized spacial score (nSPS) is 25.4. The number of benzene rings is 1. The van der Waals surface area contributed by atoms with Crippen molar-refractivity contribution in [1.29, 1.82) is 0 Å². The number of carbonyl (C=O) groups excluding carboxylic acids is 3. The molecular weight excluding hydrogens is 349 g/mol. The summed E-state index contributed by atoms with van der Waals surface area (Å²) in [5.41, 5.74) is -0.0636. The summed E-state index contributed by atoms with van der Waals surface area (Å²) in [5.74, 6) is -1.91. The Hall–Kier alpha value is -1.95. The second kappa shape index (κ2) is 7.52. The van der Waals surface area contributed by atoms with E-state index in [0.29, 0.717) is 12.8 Å². The number of esters is 1. The van der Waals surface area contributed by atoms with Gasteiger partial charge in [0.1, 0.15) is 11.6 Å². The van der Waals surface area contributed by atoms with Gasteiger partial charge in [0, 0.05) is 16.9 Å². The molecule has 3 rings (SSSR count). The van der Waals surface area contributed by atoms with Crippen LogP contribution in [-0.2, 0) is 19.1 Å². The Labute approximate surface area is 149 Å². The molecule has 2 fully saturated rings. The van der Waals surface area contributed by atoms with Gasteiger partial charge >= 0.3 is 5.97 Å². The lowest BCUT2D eigenvalue weighted by atomic mass is 9.67. The van der Waals surface area contributed by atoms with Gasteiger partial charge in [0.05, 0.1) is 11.6 Å². The predicted molar refractivity (Wildman–Crippen MR) is 89.6 cm³/mol. The molecule has 134 valence electrons. The number of rotatable bonds is 4. The lowest BCUT2D eigenvalue weighted by molar-refractivity contribution is -0.155. The highest BCUT2D eigenvalue weighted by Crippen LogP contribution is 2.40. The number of anilines is 1. The zero-order valence-corrected chi connectivity index (χ0v) is 14.4. The number of hydrogen-bond acceptors (Lipinski definition) is 4. The summed E-state index contributed by atoms with van der Waals surface area (Å²) in [6.45, 7) is -0.495. The lowest BCUT2D eigenvalue weighted by Gasteiger charge is -2.36. The lowest BCUT2D eigenvalue weighted by Crippen LogP contribution is -2.40. The summed E-state index contributed by atoms with van der Waals surface area (Å²) in [4.78, 5) is 36.1. The molecule has 0 unspecified atom stereocenters. The maximum Gasteiger partial charge on any atom is 0.309 e. The van der Waals surface area contributed by atoms with Crippen molar-refractivity contribution in [2.75, 3.05) is 11.9 Å².